The van der Waals surface area contributed by atoms with Crippen LogP contribution in [0.3, 0.4) is 0 Å². The van der Waals surface area contributed by atoms with E-state index in [1.165, 1.54) is 6.42 Å². The first-order valence-corrected chi connectivity index (χ1v) is 6.27. The van der Waals surface area contributed by atoms with Crippen molar-refractivity contribution in [3.63, 3.8) is 0 Å². The van der Waals surface area contributed by atoms with Crippen molar-refractivity contribution < 1.29 is 17.9 Å². The van der Waals surface area contributed by atoms with Crippen LogP contribution in [-0.4, -0.2) is 32.5 Å². The first-order chi connectivity index (χ1) is 7.92. The van der Waals surface area contributed by atoms with Gasteiger partial charge in [0.25, 0.3) is 0 Å². The van der Waals surface area contributed by atoms with Crippen molar-refractivity contribution in [1.29, 1.82) is 0 Å². The van der Waals surface area contributed by atoms with Crippen LogP contribution >= 0.6 is 0 Å². The number of ether oxygens (including phenoxy) is 1. The van der Waals surface area contributed by atoms with Gasteiger partial charge < -0.3 is 10.1 Å². The van der Waals surface area contributed by atoms with Gasteiger partial charge in [-0.1, -0.05) is 13.8 Å². The second-order valence-electron chi connectivity index (χ2n) is 4.62. The van der Waals surface area contributed by atoms with Crippen molar-refractivity contribution in [2.45, 2.75) is 45.7 Å². The molecular formula is C12H24F3NO. The molecule has 0 aromatic heterocycles. The average molecular weight is 255 g/mol. The van der Waals surface area contributed by atoms with Gasteiger partial charge in [-0.05, 0) is 31.7 Å². The molecule has 0 aromatic rings. The maximum absolute atomic E-state index is 11.8. The third kappa shape index (κ3) is 15.7. The summed E-state index contributed by atoms with van der Waals surface area (Å²) in [5.41, 5.74) is 0. The minimum absolute atomic E-state index is 0.0524. The molecule has 0 bridgehead atoms. The van der Waals surface area contributed by atoms with Gasteiger partial charge in [0.15, 0.2) is 0 Å². The maximum atomic E-state index is 11.8. The zero-order chi connectivity index (χ0) is 13.1. The lowest BCUT2D eigenvalue weighted by Gasteiger charge is -2.08. The highest BCUT2D eigenvalue weighted by Crippen LogP contribution is 2.20. The zero-order valence-electron chi connectivity index (χ0n) is 10.8. The molecule has 1 N–H and O–H groups in total. The van der Waals surface area contributed by atoms with Gasteiger partial charge in [0.1, 0.15) is 0 Å². The Kier molecular flexibility index (Phi) is 9.55. The Morgan fingerprint density at radius 1 is 1.06 bits per heavy atom. The van der Waals surface area contributed by atoms with Crippen LogP contribution in [0.1, 0.15) is 39.5 Å². The van der Waals surface area contributed by atoms with E-state index in [4.69, 9.17) is 4.74 Å². The van der Waals surface area contributed by atoms with Gasteiger partial charge in [-0.3, -0.25) is 0 Å². The SMILES string of the molecule is CC(C)CCCNCCOCCCC(F)(F)F. The normalized spacial score (nSPS) is 12.4. The molecule has 0 aliphatic carbocycles. The van der Waals surface area contributed by atoms with E-state index in [0.717, 1.165) is 18.9 Å². The molecular weight excluding hydrogens is 231 g/mol. The molecule has 0 atom stereocenters. The lowest BCUT2D eigenvalue weighted by atomic mass is 10.1. The van der Waals surface area contributed by atoms with E-state index in [1.54, 1.807) is 0 Å². The molecule has 104 valence electrons. The summed E-state index contributed by atoms with van der Waals surface area (Å²) in [4.78, 5) is 0. The van der Waals surface area contributed by atoms with Crippen molar-refractivity contribution in [2.24, 2.45) is 5.92 Å². The highest BCUT2D eigenvalue weighted by Gasteiger charge is 2.25. The number of hydrogen-bond acceptors (Lipinski definition) is 2. The average Bonchev–Trinajstić information content (AvgIpc) is 2.18. The highest BCUT2D eigenvalue weighted by molar-refractivity contribution is 4.52. The molecule has 2 nitrogen and oxygen atoms in total. The van der Waals surface area contributed by atoms with Gasteiger partial charge in [-0.2, -0.15) is 13.2 Å². The zero-order valence-corrected chi connectivity index (χ0v) is 10.8. The third-order valence-electron chi connectivity index (χ3n) is 2.31. The molecule has 0 aliphatic rings. The van der Waals surface area contributed by atoms with Crippen molar-refractivity contribution in [3.8, 4) is 0 Å². The summed E-state index contributed by atoms with van der Waals surface area (Å²) in [7, 11) is 0. The fourth-order valence-corrected chi connectivity index (χ4v) is 1.38. The molecule has 0 spiro atoms. The molecule has 0 rings (SSSR count). The summed E-state index contributed by atoms with van der Waals surface area (Å²) in [6, 6.07) is 0. The smallest absolute Gasteiger partial charge is 0.380 e. The molecule has 0 unspecified atom stereocenters. The molecule has 0 heterocycles. The molecule has 5 heteroatoms. The van der Waals surface area contributed by atoms with E-state index >= 15 is 0 Å². The van der Waals surface area contributed by atoms with Crippen molar-refractivity contribution >= 4 is 0 Å². The van der Waals surface area contributed by atoms with Crippen LogP contribution in [0.4, 0.5) is 13.2 Å². The second-order valence-corrected chi connectivity index (χ2v) is 4.62. The minimum Gasteiger partial charge on any atom is -0.380 e. The maximum Gasteiger partial charge on any atom is 0.389 e. The van der Waals surface area contributed by atoms with E-state index < -0.39 is 12.6 Å². The molecule has 0 amide bonds. The van der Waals surface area contributed by atoms with Gasteiger partial charge in [0, 0.05) is 19.6 Å². The molecule has 0 saturated carbocycles. The Bertz CT molecular complexity index is 172. The van der Waals surface area contributed by atoms with Crippen LogP contribution in [0.5, 0.6) is 0 Å². The Hall–Kier alpha value is -0.290. The first-order valence-electron chi connectivity index (χ1n) is 6.27. The van der Waals surface area contributed by atoms with Crippen LogP contribution in [0.25, 0.3) is 0 Å². The van der Waals surface area contributed by atoms with E-state index in [2.05, 4.69) is 19.2 Å². The fraction of sp³-hybridized carbons (Fsp3) is 1.00. The predicted octanol–water partition coefficient (Wildman–Crippen LogP) is 3.37. The molecule has 0 radical (unpaired) electrons. The Morgan fingerprint density at radius 2 is 1.76 bits per heavy atom. The van der Waals surface area contributed by atoms with Crippen LogP contribution in [-0.2, 0) is 4.74 Å². The number of halogens is 3. The molecule has 0 saturated heterocycles. The van der Waals surface area contributed by atoms with Gasteiger partial charge in [-0.25, -0.2) is 0 Å². The summed E-state index contributed by atoms with van der Waals surface area (Å²) >= 11 is 0. The van der Waals surface area contributed by atoms with Crippen LogP contribution in [0.2, 0.25) is 0 Å². The van der Waals surface area contributed by atoms with Crippen molar-refractivity contribution in [2.75, 3.05) is 26.3 Å². The summed E-state index contributed by atoms with van der Waals surface area (Å²) in [5, 5.41) is 3.20. The summed E-state index contributed by atoms with van der Waals surface area (Å²) in [5.74, 6) is 0.718. The Balaban J connectivity index is 3.04. The fourth-order valence-electron chi connectivity index (χ4n) is 1.38. The summed E-state index contributed by atoms with van der Waals surface area (Å²) < 4.78 is 40.4. The number of nitrogens with one attached hydrogen (secondary N) is 1. The van der Waals surface area contributed by atoms with Crippen LogP contribution < -0.4 is 5.32 Å². The van der Waals surface area contributed by atoms with Gasteiger partial charge in [-0.15, -0.1) is 0 Å². The van der Waals surface area contributed by atoms with Gasteiger partial charge in [0.05, 0.1) is 6.61 Å². The van der Waals surface area contributed by atoms with Crippen LogP contribution in [0, 0.1) is 5.92 Å². The molecule has 0 fully saturated rings. The van der Waals surface area contributed by atoms with Crippen molar-refractivity contribution in [1.82, 2.24) is 5.32 Å². The molecule has 17 heavy (non-hydrogen) atoms. The number of alkyl halides is 3. The van der Waals surface area contributed by atoms with E-state index in [0.29, 0.717) is 13.2 Å². The number of hydrogen-bond donors (Lipinski definition) is 1. The first kappa shape index (κ1) is 16.7. The summed E-state index contributed by atoms with van der Waals surface area (Å²) in [6.45, 7) is 6.70. The quantitative estimate of drug-likeness (QED) is 0.604. The van der Waals surface area contributed by atoms with E-state index in [1.807, 2.05) is 0 Å². The lowest BCUT2D eigenvalue weighted by Crippen LogP contribution is -2.21. The van der Waals surface area contributed by atoms with Crippen molar-refractivity contribution in [3.05, 3.63) is 0 Å². The highest BCUT2D eigenvalue weighted by atomic mass is 19.4. The summed E-state index contributed by atoms with van der Waals surface area (Å²) in [6.07, 6.45) is -2.44. The Morgan fingerprint density at radius 3 is 2.35 bits per heavy atom. The van der Waals surface area contributed by atoms with Gasteiger partial charge in [0.2, 0.25) is 0 Å². The monoisotopic (exact) mass is 255 g/mol. The molecule has 0 aromatic carbocycles. The lowest BCUT2D eigenvalue weighted by molar-refractivity contribution is -0.137. The standard InChI is InChI=1S/C12H24F3NO/c1-11(2)5-3-7-16-8-10-17-9-4-6-12(13,14)15/h11,16H,3-10H2,1-2H3. The van der Waals surface area contributed by atoms with Crippen LogP contribution in [0.15, 0.2) is 0 Å². The van der Waals surface area contributed by atoms with E-state index in [9.17, 15) is 13.2 Å². The minimum atomic E-state index is -4.06. The Labute approximate surface area is 102 Å². The second kappa shape index (κ2) is 9.71. The third-order valence-corrected chi connectivity index (χ3v) is 2.31. The number of rotatable bonds is 10. The molecule has 0 aliphatic heterocycles. The topological polar surface area (TPSA) is 21.3 Å². The largest absolute Gasteiger partial charge is 0.389 e. The van der Waals surface area contributed by atoms with E-state index in [-0.39, 0.29) is 13.0 Å². The van der Waals surface area contributed by atoms with Gasteiger partial charge >= 0.3 is 6.18 Å². The predicted molar refractivity (Wildman–Crippen MR) is 63.0 cm³/mol.